The fourth-order valence-electron chi connectivity index (χ4n) is 4.85. The Labute approximate surface area is 266 Å². The minimum absolute atomic E-state index is 0.0192. The van der Waals surface area contributed by atoms with Crippen molar-refractivity contribution >= 4 is 35.1 Å². The number of carbonyl (C=O) groups is 2. The van der Waals surface area contributed by atoms with Gasteiger partial charge in [0, 0.05) is 52.7 Å². The second-order valence-corrected chi connectivity index (χ2v) is 11.8. The number of aliphatic hydroxyl groups is 1. The summed E-state index contributed by atoms with van der Waals surface area (Å²) >= 11 is 6.37. The fourth-order valence-corrected chi connectivity index (χ4v) is 5.05. The Morgan fingerprint density at radius 1 is 1.11 bits per heavy atom. The van der Waals surface area contributed by atoms with Crippen LogP contribution >= 0.6 is 11.6 Å². The first-order valence-electron chi connectivity index (χ1n) is 14.5. The SMILES string of the molecule is CC(C)(C)OC(=O)CC[C@@]1(C(=O)NCc2ccccc2Cl)N=C(c2ccc(OCCCO)cc2)O[C@@H]1c1ccccc1N=[N+]=[N-]. The third-order valence-corrected chi connectivity index (χ3v) is 7.30. The van der Waals surface area contributed by atoms with Gasteiger partial charge >= 0.3 is 5.97 Å². The molecule has 1 amide bonds. The van der Waals surface area contributed by atoms with E-state index in [1.807, 2.05) is 6.07 Å². The van der Waals surface area contributed by atoms with Crippen LogP contribution in [0.25, 0.3) is 10.4 Å². The second kappa shape index (κ2) is 14.9. The lowest BCUT2D eigenvalue weighted by Crippen LogP contribution is -2.48. The number of hydrogen-bond donors (Lipinski definition) is 2. The number of halogens is 1. The second-order valence-electron chi connectivity index (χ2n) is 11.4. The zero-order chi connectivity index (χ0) is 32.5. The number of nitrogens with one attached hydrogen (secondary N) is 1. The van der Waals surface area contributed by atoms with Crippen LogP contribution < -0.4 is 10.1 Å². The molecule has 3 aromatic carbocycles. The minimum atomic E-state index is -1.66. The number of aliphatic imine (C=N–C) groups is 1. The van der Waals surface area contributed by atoms with Crippen LogP contribution in [0.1, 0.15) is 62.8 Å². The molecule has 45 heavy (non-hydrogen) atoms. The Hall–Kier alpha value is -4.57. The van der Waals surface area contributed by atoms with Gasteiger partial charge in [-0.2, -0.15) is 0 Å². The molecule has 0 aliphatic carbocycles. The van der Waals surface area contributed by atoms with Crippen LogP contribution in [0.5, 0.6) is 5.75 Å². The summed E-state index contributed by atoms with van der Waals surface area (Å²) in [5.74, 6) is -0.263. The van der Waals surface area contributed by atoms with Gasteiger partial charge in [0.15, 0.2) is 11.6 Å². The number of esters is 1. The molecule has 3 aromatic rings. The molecular weight excluding hydrogens is 598 g/mol. The number of hydrogen-bond acceptors (Lipinski definition) is 8. The van der Waals surface area contributed by atoms with Gasteiger partial charge in [-0.05, 0) is 68.6 Å². The zero-order valence-corrected chi connectivity index (χ0v) is 26.2. The summed E-state index contributed by atoms with van der Waals surface area (Å²) < 4.78 is 17.7. The molecule has 0 saturated carbocycles. The van der Waals surface area contributed by atoms with E-state index in [4.69, 9.17) is 35.9 Å². The van der Waals surface area contributed by atoms with Crippen molar-refractivity contribution in [1.82, 2.24) is 5.32 Å². The van der Waals surface area contributed by atoms with Gasteiger partial charge in [0.05, 0.1) is 6.61 Å². The highest BCUT2D eigenvalue weighted by Gasteiger charge is 2.53. The Kier molecular flexibility index (Phi) is 11.1. The van der Waals surface area contributed by atoms with E-state index in [0.29, 0.717) is 40.5 Å². The van der Waals surface area contributed by atoms with Gasteiger partial charge in [0.25, 0.3) is 5.91 Å². The summed E-state index contributed by atoms with van der Waals surface area (Å²) in [7, 11) is 0. The third-order valence-electron chi connectivity index (χ3n) is 6.93. The molecule has 12 heteroatoms. The third kappa shape index (κ3) is 8.54. The van der Waals surface area contributed by atoms with Gasteiger partial charge in [-0.1, -0.05) is 59.2 Å². The molecule has 0 aromatic heterocycles. The van der Waals surface area contributed by atoms with Gasteiger partial charge in [-0.15, -0.1) is 0 Å². The number of aliphatic hydroxyl groups excluding tert-OH is 1. The Bertz CT molecular complexity index is 1580. The summed E-state index contributed by atoms with van der Waals surface area (Å²) in [6, 6.07) is 20.9. The molecule has 0 fully saturated rings. The molecule has 1 heterocycles. The van der Waals surface area contributed by atoms with Crippen molar-refractivity contribution in [3.63, 3.8) is 0 Å². The first kappa shape index (κ1) is 33.3. The molecule has 0 bridgehead atoms. The van der Waals surface area contributed by atoms with Gasteiger partial charge < -0.3 is 24.6 Å². The average molecular weight is 634 g/mol. The van der Waals surface area contributed by atoms with E-state index in [-0.39, 0.29) is 37.6 Å². The lowest BCUT2D eigenvalue weighted by molar-refractivity contribution is -0.155. The monoisotopic (exact) mass is 633 g/mol. The van der Waals surface area contributed by atoms with E-state index < -0.39 is 29.1 Å². The van der Waals surface area contributed by atoms with Crippen LogP contribution in [0.3, 0.4) is 0 Å². The van der Waals surface area contributed by atoms with Crippen molar-refractivity contribution in [3.8, 4) is 5.75 Å². The molecule has 1 aliphatic rings. The van der Waals surface area contributed by atoms with Gasteiger partial charge in [0.2, 0.25) is 5.90 Å². The maximum Gasteiger partial charge on any atom is 0.306 e. The highest BCUT2D eigenvalue weighted by atomic mass is 35.5. The van der Waals surface area contributed by atoms with E-state index in [1.165, 1.54) is 0 Å². The largest absolute Gasteiger partial charge is 0.494 e. The molecular formula is C33H36ClN5O6. The summed E-state index contributed by atoms with van der Waals surface area (Å²) in [4.78, 5) is 35.2. The highest BCUT2D eigenvalue weighted by Crippen LogP contribution is 2.46. The Morgan fingerprint density at radius 3 is 2.51 bits per heavy atom. The standard InChI is InChI=1S/C33H36ClN5O6/c1-32(2,3)45-28(41)17-18-33(31(42)36-21-23-9-4-6-11-26(23)34)29(25-10-5-7-12-27(25)38-39-35)44-30(37-33)22-13-15-24(16-14-22)43-20-8-19-40/h4-7,9-16,29,40H,8,17-21H2,1-3H3,(H,36,42)/t29-,33-/m1/s1. The molecule has 2 atom stereocenters. The lowest BCUT2D eigenvalue weighted by atomic mass is 9.82. The van der Waals surface area contributed by atoms with Crippen LogP contribution in [-0.4, -0.2) is 47.2 Å². The number of benzene rings is 3. The first-order valence-corrected chi connectivity index (χ1v) is 14.9. The molecule has 236 valence electrons. The summed E-state index contributed by atoms with van der Waals surface area (Å²) in [6.45, 7) is 5.77. The van der Waals surface area contributed by atoms with Crippen molar-refractivity contribution in [2.45, 2.75) is 63.8 Å². The summed E-state index contributed by atoms with van der Waals surface area (Å²) in [5.41, 5.74) is 8.84. The maximum atomic E-state index is 14.3. The van der Waals surface area contributed by atoms with E-state index in [2.05, 4.69) is 15.3 Å². The summed E-state index contributed by atoms with van der Waals surface area (Å²) in [5, 5.41) is 16.3. The highest BCUT2D eigenvalue weighted by molar-refractivity contribution is 6.31. The first-order chi connectivity index (χ1) is 21.6. The van der Waals surface area contributed by atoms with Crippen molar-refractivity contribution in [2.75, 3.05) is 13.2 Å². The number of rotatable bonds is 13. The lowest BCUT2D eigenvalue weighted by Gasteiger charge is -2.31. The van der Waals surface area contributed by atoms with Gasteiger partial charge in [0.1, 0.15) is 11.4 Å². The van der Waals surface area contributed by atoms with Gasteiger partial charge in [-0.3, -0.25) is 9.59 Å². The van der Waals surface area contributed by atoms with E-state index in [1.54, 1.807) is 87.5 Å². The van der Waals surface area contributed by atoms with E-state index in [9.17, 15) is 15.1 Å². The number of ether oxygens (including phenoxy) is 3. The minimum Gasteiger partial charge on any atom is -0.494 e. The zero-order valence-electron chi connectivity index (χ0n) is 25.4. The molecule has 2 N–H and O–H groups in total. The van der Waals surface area contributed by atoms with E-state index >= 15 is 0 Å². The molecule has 0 unspecified atom stereocenters. The van der Waals surface area contributed by atoms with Crippen molar-refractivity contribution in [3.05, 3.63) is 105 Å². The van der Waals surface area contributed by atoms with Crippen molar-refractivity contribution in [2.24, 2.45) is 10.1 Å². The van der Waals surface area contributed by atoms with Crippen LogP contribution in [0, 0.1) is 0 Å². The Morgan fingerprint density at radius 2 is 1.82 bits per heavy atom. The smallest absolute Gasteiger partial charge is 0.306 e. The molecule has 11 nitrogen and oxygen atoms in total. The number of carbonyl (C=O) groups excluding carboxylic acids is 2. The summed E-state index contributed by atoms with van der Waals surface area (Å²) in [6.07, 6.45) is -0.789. The van der Waals surface area contributed by atoms with Crippen molar-refractivity contribution in [1.29, 1.82) is 0 Å². The van der Waals surface area contributed by atoms with Crippen LogP contribution in [-0.2, 0) is 25.6 Å². The predicted molar refractivity (Wildman–Crippen MR) is 170 cm³/mol. The van der Waals surface area contributed by atoms with Crippen LogP contribution in [0.4, 0.5) is 5.69 Å². The number of amides is 1. The van der Waals surface area contributed by atoms with E-state index in [0.717, 1.165) is 0 Å². The maximum absolute atomic E-state index is 14.3. The predicted octanol–water partition coefficient (Wildman–Crippen LogP) is 6.74. The van der Waals surface area contributed by atoms with Gasteiger partial charge in [-0.25, -0.2) is 4.99 Å². The topological polar surface area (TPSA) is 155 Å². The average Bonchev–Trinajstić information content (AvgIpc) is 3.40. The normalized spacial score (nSPS) is 17.4. The number of nitrogens with zero attached hydrogens (tertiary/aromatic N) is 4. The Balaban J connectivity index is 1.78. The van der Waals surface area contributed by atoms with Crippen LogP contribution in [0.15, 0.2) is 82.9 Å². The number of azide groups is 1. The molecule has 0 radical (unpaired) electrons. The molecule has 0 saturated heterocycles. The molecule has 4 rings (SSSR count). The quantitative estimate of drug-likeness (QED) is 0.0698. The molecule has 1 aliphatic heterocycles. The molecule has 0 spiro atoms. The fraction of sp³-hybridized carbons (Fsp3) is 0.364. The van der Waals surface area contributed by atoms with Crippen LogP contribution in [0.2, 0.25) is 5.02 Å². The van der Waals surface area contributed by atoms with Crippen molar-refractivity contribution < 1.29 is 28.9 Å².